The molecule has 0 saturated heterocycles. The van der Waals surface area contributed by atoms with Crippen molar-refractivity contribution in [2.24, 2.45) is 0 Å². The third-order valence-corrected chi connectivity index (χ3v) is 13.5. The van der Waals surface area contributed by atoms with Crippen molar-refractivity contribution in [3.05, 3.63) is 212 Å². The van der Waals surface area contributed by atoms with Gasteiger partial charge in [0.2, 0.25) is 5.95 Å². The van der Waals surface area contributed by atoms with Gasteiger partial charge in [0, 0.05) is 54.6 Å². The number of hydrogen-bond donors (Lipinski definition) is 0. The van der Waals surface area contributed by atoms with Crippen LogP contribution in [0.15, 0.2) is 212 Å². The highest BCUT2D eigenvalue weighted by atomic mass is 32.1. The molecule has 0 atom stereocenters. The summed E-state index contributed by atoms with van der Waals surface area (Å²) in [7, 11) is 0. The largest absolute Gasteiger partial charge is 0.309 e. The van der Waals surface area contributed by atoms with Gasteiger partial charge in [0.05, 0.1) is 43.7 Å². The average Bonchev–Trinajstić information content (AvgIpc) is 4.01. The highest BCUT2D eigenvalue weighted by Crippen LogP contribution is 2.40. The number of para-hydroxylation sites is 2. The average molecular weight is 822 g/mol. The van der Waals surface area contributed by atoms with Crippen molar-refractivity contribution >= 4 is 75.3 Å². The summed E-state index contributed by atoms with van der Waals surface area (Å²) in [6.45, 7) is 0. The second-order valence-corrected chi connectivity index (χ2v) is 17.1. The van der Waals surface area contributed by atoms with Crippen LogP contribution in [0.4, 0.5) is 0 Å². The molecular weight excluding hydrogens is 787 g/mol. The van der Waals surface area contributed by atoms with E-state index in [9.17, 15) is 0 Å². The summed E-state index contributed by atoms with van der Waals surface area (Å²) in [5, 5.41) is 5.97. The van der Waals surface area contributed by atoms with Crippen molar-refractivity contribution in [3.63, 3.8) is 0 Å². The highest BCUT2D eigenvalue weighted by molar-refractivity contribution is 7.25. The van der Waals surface area contributed by atoms with E-state index in [4.69, 9.17) is 15.0 Å². The number of hydrogen-bond acceptors (Lipinski definition) is 4. The van der Waals surface area contributed by atoms with E-state index in [2.05, 4.69) is 197 Å². The minimum atomic E-state index is 0.643. The van der Waals surface area contributed by atoms with E-state index in [1.165, 1.54) is 42.2 Å². The Morgan fingerprint density at radius 1 is 0.333 bits per heavy atom. The number of pyridine rings is 1. The second-order valence-electron chi connectivity index (χ2n) is 16.1. The topological polar surface area (TPSA) is 48.5 Å². The molecular formula is C57H35N5S. The SMILES string of the molecule is c1ccc(-c2cc(-c3ccccc3)nc(-n3c4ccccc4c4cc(-c5cccc(-c6ccc7c8ccccc8n(-c8ccc9sc%10cccnc%10c9c8)c7c6)c5)ccc43)n2)cc1. The normalized spacial score (nSPS) is 11.8. The van der Waals surface area contributed by atoms with Gasteiger partial charge in [-0.2, -0.15) is 0 Å². The molecule has 0 amide bonds. The molecule has 0 spiro atoms. The molecule has 13 rings (SSSR count). The molecule has 5 aromatic heterocycles. The molecule has 8 aromatic carbocycles. The molecule has 13 aromatic rings. The molecule has 0 aliphatic rings. The van der Waals surface area contributed by atoms with Crippen LogP contribution in [-0.4, -0.2) is 24.1 Å². The summed E-state index contributed by atoms with van der Waals surface area (Å²) < 4.78 is 7.08. The fourth-order valence-electron chi connectivity index (χ4n) is 9.45. The first kappa shape index (κ1) is 35.6. The Kier molecular flexibility index (Phi) is 8.01. The minimum Gasteiger partial charge on any atom is -0.309 e. The Morgan fingerprint density at radius 3 is 1.67 bits per heavy atom. The predicted octanol–water partition coefficient (Wildman–Crippen LogP) is 15.1. The lowest BCUT2D eigenvalue weighted by atomic mass is 9.97. The standard InChI is InChI=1S/C57H35N5S/c1-3-13-36(14-4-1)48-35-49(37-15-5-2-6-16-37)60-57(59-48)62-51-22-10-8-20-44(51)46-32-40(25-28-52(46)62)38-17-11-18-39(31-38)41-24-27-45-43-19-7-9-21-50(43)61(53(45)33-41)42-26-29-54-47(34-42)56-55(63-54)23-12-30-58-56/h1-35H. The monoisotopic (exact) mass is 821 g/mol. The van der Waals surface area contributed by atoms with Gasteiger partial charge in [-0.3, -0.25) is 9.55 Å². The molecule has 6 heteroatoms. The molecule has 0 unspecified atom stereocenters. The number of rotatable bonds is 6. The van der Waals surface area contributed by atoms with E-state index in [1.807, 2.05) is 24.4 Å². The van der Waals surface area contributed by atoms with Crippen molar-refractivity contribution in [2.45, 2.75) is 0 Å². The fourth-order valence-corrected chi connectivity index (χ4v) is 10.5. The molecule has 0 bridgehead atoms. The lowest BCUT2D eigenvalue weighted by Gasteiger charge is -2.12. The summed E-state index contributed by atoms with van der Waals surface area (Å²) in [4.78, 5) is 15.2. The van der Waals surface area contributed by atoms with Gasteiger partial charge in [0.1, 0.15) is 0 Å². The highest BCUT2D eigenvalue weighted by Gasteiger charge is 2.19. The molecule has 0 fully saturated rings. The Bertz CT molecular complexity index is 3860. The van der Waals surface area contributed by atoms with Crippen LogP contribution in [0, 0.1) is 0 Å². The van der Waals surface area contributed by atoms with Crippen LogP contribution in [0.3, 0.4) is 0 Å². The smallest absolute Gasteiger partial charge is 0.235 e. The maximum absolute atomic E-state index is 5.23. The lowest BCUT2D eigenvalue weighted by Crippen LogP contribution is -2.03. The van der Waals surface area contributed by atoms with Crippen LogP contribution < -0.4 is 0 Å². The van der Waals surface area contributed by atoms with E-state index < -0.39 is 0 Å². The second kappa shape index (κ2) is 14.2. The van der Waals surface area contributed by atoms with Crippen molar-refractivity contribution in [1.82, 2.24) is 24.1 Å². The Hall–Kier alpha value is -8.19. The van der Waals surface area contributed by atoms with Crippen LogP contribution in [0.25, 0.3) is 120 Å². The Morgan fingerprint density at radius 2 is 0.921 bits per heavy atom. The van der Waals surface area contributed by atoms with Gasteiger partial charge >= 0.3 is 0 Å². The number of fused-ring (bicyclic) bond motifs is 9. The van der Waals surface area contributed by atoms with Gasteiger partial charge in [-0.1, -0.05) is 133 Å². The third kappa shape index (κ3) is 5.80. The quantitative estimate of drug-likeness (QED) is 0.168. The summed E-state index contributed by atoms with van der Waals surface area (Å²) >= 11 is 1.80. The minimum absolute atomic E-state index is 0.643. The van der Waals surface area contributed by atoms with E-state index >= 15 is 0 Å². The first-order valence-corrected chi connectivity index (χ1v) is 22.0. The maximum Gasteiger partial charge on any atom is 0.235 e. The van der Waals surface area contributed by atoms with E-state index in [0.717, 1.165) is 72.2 Å². The van der Waals surface area contributed by atoms with E-state index in [1.54, 1.807) is 11.3 Å². The summed E-state index contributed by atoms with van der Waals surface area (Å²) in [6.07, 6.45) is 1.89. The van der Waals surface area contributed by atoms with Crippen molar-refractivity contribution in [2.75, 3.05) is 0 Å². The summed E-state index contributed by atoms with van der Waals surface area (Å²) in [5.41, 5.74) is 15.2. The summed E-state index contributed by atoms with van der Waals surface area (Å²) in [5.74, 6) is 0.643. The number of thiophene rings is 1. The van der Waals surface area contributed by atoms with Crippen LogP contribution in [0.2, 0.25) is 0 Å². The fraction of sp³-hybridized carbons (Fsp3) is 0. The van der Waals surface area contributed by atoms with Gasteiger partial charge in [-0.25, -0.2) is 9.97 Å². The molecule has 0 saturated carbocycles. The molecule has 0 radical (unpaired) electrons. The van der Waals surface area contributed by atoms with Gasteiger partial charge in [0.15, 0.2) is 0 Å². The first-order chi connectivity index (χ1) is 31.2. The van der Waals surface area contributed by atoms with Crippen molar-refractivity contribution in [1.29, 1.82) is 0 Å². The molecule has 0 aliphatic carbocycles. The predicted molar refractivity (Wildman–Crippen MR) is 263 cm³/mol. The summed E-state index contributed by atoms with van der Waals surface area (Å²) in [6, 6.07) is 73.7. The van der Waals surface area contributed by atoms with Crippen molar-refractivity contribution in [3.8, 4) is 56.4 Å². The van der Waals surface area contributed by atoms with Crippen LogP contribution in [0.1, 0.15) is 0 Å². The lowest BCUT2D eigenvalue weighted by molar-refractivity contribution is 0.995. The van der Waals surface area contributed by atoms with Gasteiger partial charge < -0.3 is 4.57 Å². The third-order valence-electron chi connectivity index (χ3n) is 12.4. The molecule has 294 valence electrons. The van der Waals surface area contributed by atoms with Crippen LogP contribution in [-0.2, 0) is 0 Å². The number of nitrogens with zero attached hydrogens (tertiary/aromatic N) is 5. The van der Waals surface area contributed by atoms with Gasteiger partial charge in [-0.15, -0.1) is 11.3 Å². The Balaban J connectivity index is 0.937. The molecule has 0 N–H and O–H groups in total. The first-order valence-electron chi connectivity index (χ1n) is 21.2. The number of aromatic nitrogens is 5. The zero-order valence-corrected chi connectivity index (χ0v) is 34.7. The van der Waals surface area contributed by atoms with E-state index in [-0.39, 0.29) is 0 Å². The Labute approximate surface area is 366 Å². The molecule has 5 heterocycles. The van der Waals surface area contributed by atoms with Gasteiger partial charge in [-0.05, 0) is 95.1 Å². The number of benzene rings is 8. The van der Waals surface area contributed by atoms with Crippen molar-refractivity contribution < 1.29 is 0 Å². The zero-order chi connectivity index (χ0) is 41.4. The zero-order valence-electron chi connectivity index (χ0n) is 33.9. The molecule has 5 nitrogen and oxygen atoms in total. The van der Waals surface area contributed by atoms with Gasteiger partial charge in [0.25, 0.3) is 0 Å². The van der Waals surface area contributed by atoms with E-state index in [0.29, 0.717) is 5.95 Å². The molecule has 0 aliphatic heterocycles. The maximum atomic E-state index is 5.23. The molecule has 63 heavy (non-hydrogen) atoms. The van der Waals surface area contributed by atoms with Crippen LogP contribution >= 0.6 is 11.3 Å². The van der Waals surface area contributed by atoms with Crippen LogP contribution in [0.5, 0.6) is 0 Å².